The molecule has 1 aromatic carbocycles. The largest absolute Gasteiger partial charge is 0.461 e. The Hall–Kier alpha value is -2.94. The van der Waals surface area contributed by atoms with Crippen LogP contribution in [0, 0.1) is 17.8 Å². The Bertz CT molecular complexity index is 1010. The molecule has 1 amide bonds. The molecule has 1 aromatic rings. The zero-order valence-electron chi connectivity index (χ0n) is 24.4. The lowest BCUT2D eigenvalue weighted by Gasteiger charge is -2.27. The lowest BCUT2D eigenvalue weighted by Crippen LogP contribution is -2.48. The summed E-state index contributed by atoms with van der Waals surface area (Å²) in [6.45, 7) is -2.67. The van der Waals surface area contributed by atoms with Gasteiger partial charge in [-0.2, -0.15) is 17.6 Å². The molecule has 1 N–H and O–H groups in total. The highest BCUT2D eigenvalue weighted by atomic mass is 19.3. The third-order valence-corrected chi connectivity index (χ3v) is 6.63. The molecule has 1 fully saturated rings. The van der Waals surface area contributed by atoms with Crippen molar-refractivity contribution in [1.82, 2.24) is 10.2 Å². The molecule has 242 valence electrons. The predicted molar refractivity (Wildman–Crippen MR) is 145 cm³/mol. The zero-order valence-corrected chi connectivity index (χ0v) is 24.4. The summed E-state index contributed by atoms with van der Waals surface area (Å²) in [5.41, 5.74) is 0.602. The Morgan fingerprint density at radius 1 is 0.907 bits per heavy atom. The number of amides is 1. The Morgan fingerprint density at radius 2 is 1.53 bits per heavy atom. The molecular weight excluding hydrogens is 580 g/mol. The van der Waals surface area contributed by atoms with Crippen LogP contribution in [-0.4, -0.2) is 93.7 Å². The monoisotopic (exact) mass is 620 g/mol. The molecule has 0 aliphatic carbocycles. The maximum absolute atomic E-state index is 13.3. The van der Waals surface area contributed by atoms with Crippen LogP contribution in [-0.2, 0) is 44.7 Å². The number of Topliss-reactive ketones (excluding diaryl/α,β-unsaturated/α-hetero) is 2. The van der Waals surface area contributed by atoms with Crippen LogP contribution in [0.4, 0.5) is 17.6 Å². The summed E-state index contributed by atoms with van der Waals surface area (Å²) < 4.78 is 70.3. The first-order chi connectivity index (χ1) is 20.4. The normalized spacial score (nSPS) is 16.2. The number of hydrogen-bond acceptors (Lipinski definition) is 9. The molecule has 1 saturated heterocycles. The average Bonchev–Trinajstić information content (AvgIpc) is 2.96. The van der Waals surface area contributed by atoms with Crippen molar-refractivity contribution in [2.75, 3.05) is 46.1 Å². The van der Waals surface area contributed by atoms with Gasteiger partial charge in [-0.05, 0) is 17.9 Å². The van der Waals surface area contributed by atoms with E-state index >= 15 is 0 Å². The fourth-order valence-electron chi connectivity index (χ4n) is 4.50. The Morgan fingerprint density at radius 3 is 2.14 bits per heavy atom. The Kier molecular flexibility index (Phi) is 16.3. The van der Waals surface area contributed by atoms with Gasteiger partial charge in [-0.3, -0.25) is 24.1 Å². The van der Waals surface area contributed by atoms with E-state index in [0.29, 0.717) is 31.9 Å². The van der Waals surface area contributed by atoms with Gasteiger partial charge in [0.05, 0.1) is 38.9 Å². The van der Waals surface area contributed by atoms with E-state index in [1.165, 1.54) is 0 Å². The van der Waals surface area contributed by atoms with Crippen molar-refractivity contribution in [3.05, 3.63) is 35.9 Å². The number of esters is 1. The lowest BCUT2D eigenvalue weighted by molar-refractivity contribution is -0.167. The smallest absolute Gasteiger partial charge is 0.345 e. The summed E-state index contributed by atoms with van der Waals surface area (Å²) in [7, 11) is 0. The summed E-state index contributed by atoms with van der Waals surface area (Å²) in [5, 5.41) is 2.38. The van der Waals surface area contributed by atoms with Crippen molar-refractivity contribution in [3.8, 4) is 0 Å². The summed E-state index contributed by atoms with van der Waals surface area (Å²) in [5.74, 6) is -5.30. The number of morpholine rings is 1. The fourth-order valence-corrected chi connectivity index (χ4v) is 4.50. The highest BCUT2D eigenvalue weighted by molar-refractivity contribution is 5.93. The van der Waals surface area contributed by atoms with E-state index in [-0.39, 0.29) is 37.7 Å². The molecule has 0 aromatic heterocycles. The van der Waals surface area contributed by atoms with Crippen LogP contribution in [0.3, 0.4) is 0 Å². The van der Waals surface area contributed by atoms with Crippen molar-refractivity contribution < 1.29 is 55.7 Å². The summed E-state index contributed by atoms with van der Waals surface area (Å²) >= 11 is 0. The standard InChI is InChI=1S/C29H40F4N2O8/c1-19(2)12-21(13-23(36)15-35-8-10-40-11-9-35)26(38)34-24(18-43-29(32)33)25(37)14-22(17-42-28(30)31)27(39)41-16-20-6-4-3-5-7-20/h3-7,19,21-22,24,28-29H,8-18H2,1-2H3,(H,34,38)/t21-,22+,24+/m1/s1. The maximum atomic E-state index is 13.3. The minimum atomic E-state index is -3.28. The van der Waals surface area contributed by atoms with Crippen molar-refractivity contribution >= 4 is 23.4 Å². The van der Waals surface area contributed by atoms with Crippen LogP contribution in [0.1, 0.15) is 38.7 Å². The number of hydrogen-bond donors (Lipinski definition) is 1. The van der Waals surface area contributed by atoms with Crippen LogP contribution < -0.4 is 5.32 Å². The van der Waals surface area contributed by atoms with E-state index in [4.69, 9.17) is 9.47 Å². The van der Waals surface area contributed by atoms with Crippen molar-refractivity contribution in [3.63, 3.8) is 0 Å². The number of carbonyl (C=O) groups is 4. The van der Waals surface area contributed by atoms with Gasteiger partial charge in [0.25, 0.3) is 0 Å². The van der Waals surface area contributed by atoms with E-state index in [1.807, 2.05) is 18.7 Å². The molecule has 10 nitrogen and oxygen atoms in total. The van der Waals surface area contributed by atoms with Crippen LogP contribution in [0.25, 0.3) is 0 Å². The SMILES string of the molecule is CC(C)C[C@H](CC(=O)CN1CCOCC1)C(=O)N[C@@H](COC(F)F)C(=O)C[C@@H](COC(F)F)C(=O)OCc1ccccc1. The molecule has 1 heterocycles. The van der Waals surface area contributed by atoms with Crippen molar-refractivity contribution in [2.45, 2.75) is 59.0 Å². The first kappa shape index (κ1) is 36.3. The van der Waals surface area contributed by atoms with Crippen LogP contribution in [0.2, 0.25) is 0 Å². The molecule has 0 bridgehead atoms. The van der Waals surface area contributed by atoms with Crippen molar-refractivity contribution in [1.29, 1.82) is 0 Å². The molecule has 0 radical (unpaired) electrons. The number of rotatable bonds is 20. The van der Waals surface area contributed by atoms with E-state index in [2.05, 4.69) is 14.8 Å². The Balaban J connectivity index is 2.12. The second-order valence-electron chi connectivity index (χ2n) is 10.7. The fraction of sp³-hybridized carbons (Fsp3) is 0.655. The topological polar surface area (TPSA) is 120 Å². The van der Waals surface area contributed by atoms with Gasteiger partial charge in [0, 0.05) is 31.8 Å². The van der Waals surface area contributed by atoms with E-state index in [9.17, 15) is 36.7 Å². The third-order valence-electron chi connectivity index (χ3n) is 6.63. The van der Waals surface area contributed by atoms with E-state index in [0.717, 1.165) is 0 Å². The van der Waals surface area contributed by atoms with Gasteiger partial charge >= 0.3 is 19.2 Å². The zero-order chi connectivity index (χ0) is 31.8. The number of ketones is 2. The van der Waals surface area contributed by atoms with E-state index in [1.54, 1.807) is 30.3 Å². The number of nitrogens with one attached hydrogen (secondary N) is 1. The number of ether oxygens (including phenoxy) is 4. The highest BCUT2D eigenvalue weighted by Gasteiger charge is 2.33. The number of alkyl halides is 4. The van der Waals surface area contributed by atoms with Gasteiger partial charge in [0.1, 0.15) is 18.4 Å². The predicted octanol–water partition coefficient (Wildman–Crippen LogP) is 3.22. The molecule has 2 rings (SSSR count). The van der Waals surface area contributed by atoms with Crippen LogP contribution in [0.15, 0.2) is 30.3 Å². The number of halogens is 4. The first-order valence-electron chi connectivity index (χ1n) is 14.1. The summed E-state index contributed by atoms with van der Waals surface area (Å²) in [6.07, 6.45) is -0.634. The number of carbonyl (C=O) groups excluding carboxylic acids is 4. The highest BCUT2D eigenvalue weighted by Crippen LogP contribution is 2.19. The quantitative estimate of drug-likeness (QED) is 0.173. The molecular formula is C29H40F4N2O8. The van der Waals surface area contributed by atoms with Gasteiger partial charge in [-0.25, -0.2) is 0 Å². The summed E-state index contributed by atoms with van der Waals surface area (Å²) in [6, 6.07) is 6.81. The van der Waals surface area contributed by atoms with Crippen LogP contribution >= 0.6 is 0 Å². The molecule has 0 unspecified atom stereocenters. The molecule has 1 aliphatic rings. The molecule has 14 heteroatoms. The minimum absolute atomic E-state index is 0.0198. The molecule has 1 aliphatic heterocycles. The lowest BCUT2D eigenvalue weighted by atomic mass is 9.90. The molecule has 43 heavy (non-hydrogen) atoms. The van der Waals surface area contributed by atoms with Gasteiger partial charge in [-0.15, -0.1) is 0 Å². The minimum Gasteiger partial charge on any atom is -0.461 e. The summed E-state index contributed by atoms with van der Waals surface area (Å²) in [4.78, 5) is 53.8. The number of nitrogens with zero attached hydrogens (tertiary/aromatic N) is 1. The first-order valence-corrected chi connectivity index (χ1v) is 14.1. The molecule has 0 saturated carbocycles. The van der Waals surface area contributed by atoms with E-state index < -0.39 is 68.4 Å². The third kappa shape index (κ3) is 14.9. The van der Waals surface area contributed by atoms with Gasteiger partial charge < -0.3 is 24.3 Å². The van der Waals surface area contributed by atoms with Crippen molar-refractivity contribution in [2.24, 2.45) is 17.8 Å². The van der Waals surface area contributed by atoms with Gasteiger partial charge in [0.15, 0.2) is 5.78 Å². The number of benzene rings is 1. The maximum Gasteiger partial charge on any atom is 0.345 e. The van der Waals surface area contributed by atoms with Crippen LogP contribution in [0.5, 0.6) is 0 Å². The second-order valence-corrected chi connectivity index (χ2v) is 10.7. The molecule has 0 spiro atoms. The molecule has 3 atom stereocenters. The van der Waals surface area contributed by atoms with Gasteiger partial charge in [-0.1, -0.05) is 44.2 Å². The second kappa shape index (κ2) is 19.4. The van der Waals surface area contributed by atoms with Gasteiger partial charge in [0.2, 0.25) is 5.91 Å². The average molecular weight is 621 g/mol. The Labute approximate surface area is 248 Å².